The van der Waals surface area contributed by atoms with Gasteiger partial charge in [-0.05, 0) is 32.4 Å². The molecule has 5 heteroatoms. The van der Waals surface area contributed by atoms with Gasteiger partial charge in [0.2, 0.25) is 0 Å². The molecule has 0 aromatic heterocycles. The summed E-state index contributed by atoms with van der Waals surface area (Å²) in [6.45, 7) is 4.73. The third-order valence-corrected chi connectivity index (χ3v) is 3.02. The van der Waals surface area contributed by atoms with E-state index in [2.05, 4.69) is 5.32 Å². The van der Waals surface area contributed by atoms with Crippen LogP contribution in [0.25, 0.3) is 0 Å². The van der Waals surface area contributed by atoms with Crippen LogP contribution in [0.3, 0.4) is 0 Å². The molecule has 1 aliphatic heterocycles. The van der Waals surface area contributed by atoms with Crippen LogP contribution in [0.4, 0.5) is 0 Å². The summed E-state index contributed by atoms with van der Waals surface area (Å²) in [5, 5.41) is 3.16. The fourth-order valence-electron chi connectivity index (χ4n) is 2.13. The predicted octanol–water partition coefficient (Wildman–Crippen LogP) is 0.901. The third kappa shape index (κ3) is 3.92. The highest BCUT2D eigenvalue weighted by molar-refractivity contribution is 5.85. The SMILES string of the molecule is CCC(OC)C(=O)N1CCC(CNC)C1.Cl. The maximum Gasteiger partial charge on any atom is 0.251 e. The van der Waals surface area contributed by atoms with Crippen molar-refractivity contribution in [1.29, 1.82) is 0 Å². The second-order valence-electron chi connectivity index (χ2n) is 4.13. The van der Waals surface area contributed by atoms with Gasteiger partial charge in [-0.2, -0.15) is 0 Å². The van der Waals surface area contributed by atoms with Crippen molar-refractivity contribution in [1.82, 2.24) is 10.2 Å². The minimum atomic E-state index is -0.252. The zero-order chi connectivity index (χ0) is 11.3. The van der Waals surface area contributed by atoms with Crippen LogP contribution in [0.1, 0.15) is 19.8 Å². The van der Waals surface area contributed by atoms with E-state index in [1.807, 2.05) is 18.9 Å². The van der Waals surface area contributed by atoms with Crippen molar-refractivity contribution < 1.29 is 9.53 Å². The first-order valence-electron chi connectivity index (χ1n) is 5.69. The topological polar surface area (TPSA) is 41.6 Å². The Kier molecular flexibility index (Phi) is 7.72. The van der Waals surface area contributed by atoms with Gasteiger partial charge in [0.25, 0.3) is 5.91 Å². The van der Waals surface area contributed by atoms with E-state index in [1.54, 1.807) is 7.11 Å². The lowest BCUT2D eigenvalue weighted by molar-refractivity contribution is -0.141. The Morgan fingerprint density at radius 1 is 1.62 bits per heavy atom. The van der Waals surface area contributed by atoms with Crippen LogP contribution in [0.5, 0.6) is 0 Å². The van der Waals surface area contributed by atoms with Crippen molar-refractivity contribution in [2.45, 2.75) is 25.9 Å². The van der Waals surface area contributed by atoms with E-state index in [0.29, 0.717) is 5.92 Å². The summed E-state index contributed by atoms with van der Waals surface area (Å²) in [5.74, 6) is 0.756. The zero-order valence-corrected chi connectivity index (χ0v) is 11.2. The lowest BCUT2D eigenvalue weighted by atomic mass is 10.1. The first kappa shape index (κ1) is 15.7. The lowest BCUT2D eigenvalue weighted by Gasteiger charge is -2.21. The van der Waals surface area contributed by atoms with E-state index in [-0.39, 0.29) is 24.4 Å². The van der Waals surface area contributed by atoms with Crippen molar-refractivity contribution in [2.24, 2.45) is 5.92 Å². The molecule has 1 N–H and O–H groups in total. The highest BCUT2D eigenvalue weighted by atomic mass is 35.5. The molecular weight excluding hydrogens is 228 g/mol. The van der Waals surface area contributed by atoms with Crippen LogP contribution in [-0.2, 0) is 9.53 Å². The standard InChI is InChI=1S/C11H22N2O2.ClH/c1-4-10(15-3)11(14)13-6-5-9(8-13)7-12-2;/h9-10,12H,4-8H2,1-3H3;1H. The van der Waals surface area contributed by atoms with Gasteiger partial charge in [-0.25, -0.2) is 0 Å². The fraction of sp³-hybridized carbons (Fsp3) is 0.909. The van der Waals surface area contributed by atoms with Gasteiger partial charge in [-0.1, -0.05) is 6.92 Å². The van der Waals surface area contributed by atoms with Crippen LogP contribution in [0, 0.1) is 5.92 Å². The van der Waals surface area contributed by atoms with Gasteiger partial charge in [0.1, 0.15) is 6.10 Å². The average molecular weight is 251 g/mol. The number of methoxy groups -OCH3 is 1. The van der Waals surface area contributed by atoms with Crippen molar-refractivity contribution in [3.05, 3.63) is 0 Å². The Hall–Kier alpha value is -0.320. The molecule has 96 valence electrons. The molecule has 4 nitrogen and oxygen atoms in total. The van der Waals surface area contributed by atoms with E-state index >= 15 is 0 Å². The Labute approximate surface area is 104 Å². The molecule has 2 unspecified atom stereocenters. The normalized spacial score (nSPS) is 21.7. The number of carbonyl (C=O) groups excluding carboxylic acids is 1. The molecule has 0 radical (unpaired) electrons. The number of hydrogen-bond donors (Lipinski definition) is 1. The molecule has 16 heavy (non-hydrogen) atoms. The summed E-state index contributed by atoms with van der Waals surface area (Å²) in [5.41, 5.74) is 0. The first-order chi connectivity index (χ1) is 7.22. The molecule has 0 bridgehead atoms. The van der Waals surface area contributed by atoms with Crippen molar-refractivity contribution >= 4 is 18.3 Å². The number of rotatable bonds is 5. The molecule has 1 saturated heterocycles. The number of hydrogen-bond acceptors (Lipinski definition) is 3. The molecule has 1 amide bonds. The summed E-state index contributed by atoms with van der Waals surface area (Å²) in [6, 6.07) is 0. The molecule has 0 spiro atoms. The number of nitrogens with zero attached hydrogens (tertiary/aromatic N) is 1. The molecule has 1 rings (SSSR count). The maximum atomic E-state index is 11.9. The Morgan fingerprint density at radius 3 is 2.81 bits per heavy atom. The second-order valence-corrected chi connectivity index (χ2v) is 4.13. The van der Waals surface area contributed by atoms with Gasteiger partial charge in [0.05, 0.1) is 0 Å². The fourth-order valence-corrected chi connectivity index (χ4v) is 2.13. The van der Waals surface area contributed by atoms with Gasteiger partial charge in [0, 0.05) is 20.2 Å². The van der Waals surface area contributed by atoms with Gasteiger partial charge in [-0.3, -0.25) is 4.79 Å². The van der Waals surface area contributed by atoms with Crippen molar-refractivity contribution in [2.75, 3.05) is 33.8 Å². The highest BCUT2D eigenvalue weighted by Crippen LogP contribution is 2.17. The number of ether oxygens (including phenoxy) is 1. The largest absolute Gasteiger partial charge is 0.372 e. The maximum absolute atomic E-state index is 11.9. The Balaban J connectivity index is 0.00000225. The van der Waals surface area contributed by atoms with Gasteiger partial charge in [0.15, 0.2) is 0 Å². The van der Waals surface area contributed by atoms with Crippen molar-refractivity contribution in [3.8, 4) is 0 Å². The van der Waals surface area contributed by atoms with Gasteiger partial charge >= 0.3 is 0 Å². The van der Waals surface area contributed by atoms with E-state index < -0.39 is 0 Å². The number of amides is 1. The summed E-state index contributed by atoms with van der Waals surface area (Å²) in [7, 11) is 3.56. The highest BCUT2D eigenvalue weighted by Gasteiger charge is 2.29. The summed E-state index contributed by atoms with van der Waals surface area (Å²) >= 11 is 0. The molecule has 1 aliphatic rings. The smallest absolute Gasteiger partial charge is 0.251 e. The van der Waals surface area contributed by atoms with E-state index in [1.165, 1.54) is 0 Å². The minimum absolute atomic E-state index is 0. The summed E-state index contributed by atoms with van der Waals surface area (Å²) < 4.78 is 5.16. The zero-order valence-electron chi connectivity index (χ0n) is 10.4. The van der Waals surface area contributed by atoms with Crippen molar-refractivity contribution in [3.63, 3.8) is 0 Å². The molecule has 1 heterocycles. The predicted molar refractivity (Wildman–Crippen MR) is 66.9 cm³/mol. The Bertz CT molecular complexity index is 210. The third-order valence-electron chi connectivity index (χ3n) is 3.02. The molecule has 0 aromatic rings. The Morgan fingerprint density at radius 2 is 2.31 bits per heavy atom. The second kappa shape index (κ2) is 7.87. The van der Waals surface area contributed by atoms with Crippen LogP contribution in [0.15, 0.2) is 0 Å². The van der Waals surface area contributed by atoms with Crippen LogP contribution < -0.4 is 5.32 Å². The first-order valence-corrected chi connectivity index (χ1v) is 5.69. The average Bonchev–Trinajstić information content (AvgIpc) is 2.68. The molecule has 0 aliphatic carbocycles. The van der Waals surface area contributed by atoms with Gasteiger partial charge in [-0.15, -0.1) is 12.4 Å². The molecule has 0 saturated carbocycles. The number of carbonyl (C=O) groups is 1. The quantitative estimate of drug-likeness (QED) is 0.789. The van der Waals surface area contributed by atoms with E-state index in [9.17, 15) is 4.79 Å². The van der Waals surface area contributed by atoms with Gasteiger partial charge < -0.3 is 15.0 Å². The molecule has 1 fully saturated rings. The van der Waals surface area contributed by atoms with Crippen LogP contribution in [0.2, 0.25) is 0 Å². The van der Waals surface area contributed by atoms with Crippen LogP contribution >= 0.6 is 12.4 Å². The number of halogens is 1. The minimum Gasteiger partial charge on any atom is -0.372 e. The lowest BCUT2D eigenvalue weighted by Crippen LogP contribution is -2.38. The van der Waals surface area contributed by atoms with Crippen LogP contribution in [-0.4, -0.2) is 50.7 Å². The summed E-state index contributed by atoms with van der Waals surface area (Å²) in [6.07, 6.45) is 1.60. The monoisotopic (exact) mass is 250 g/mol. The van der Waals surface area contributed by atoms with E-state index in [0.717, 1.165) is 32.5 Å². The number of likely N-dealkylation sites (tertiary alicyclic amines) is 1. The molecule has 0 aromatic carbocycles. The number of nitrogens with one attached hydrogen (secondary N) is 1. The molecular formula is C11H23ClN2O2. The van der Waals surface area contributed by atoms with E-state index in [4.69, 9.17) is 4.74 Å². The summed E-state index contributed by atoms with van der Waals surface area (Å²) in [4.78, 5) is 13.9. The molecule has 2 atom stereocenters.